The Hall–Kier alpha value is -3.42. The Bertz CT molecular complexity index is 1230. The molecule has 0 saturated heterocycles. The van der Waals surface area contributed by atoms with Crippen LogP contribution in [0.1, 0.15) is 58.8 Å². The summed E-state index contributed by atoms with van der Waals surface area (Å²) in [6.07, 6.45) is 1.66. The Morgan fingerprint density at radius 1 is 1.17 bits per heavy atom. The molecule has 0 saturated carbocycles. The molecule has 4 aromatic rings. The second-order valence-corrected chi connectivity index (χ2v) is 7.68. The van der Waals surface area contributed by atoms with E-state index in [1.54, 1.807) is 23.9 Å². The van der Waals surface area contributed by atoms with E-state index in [1.165, 1.54) is 0 Å². The van der Waals surface area contributed by atoms with Crippen molar-refractivity contribution in [1.29, 1.82) is 0 Å². The van der Waals surface area contributed by atoms with Crippen molar-refractivity contribution in [1.82, 2.24) is 19.9 Å². The maximum atomic E-state index is 13.1. The van der Waals surface area contributed by atoms with Crippen molar-refractivity contribution in [3.05, 3.63) is 52.4 Å². The van der Waals surface area contributed by atoms with Crippen molar-refractivity contribution < 1.29 is 18.5 Å². The average Bonchev–Trinajstić information content (AvgIpc) is 3.36. The number of hydrogen-bond donors (Lipinski definition) is 0. The minimum absolute atomic E-state index is 0.0846. The molecule has 8 heteroatoms. The minimum Gasteiger partial charge on any atom is -0.466 e. The third-order valence-corrected chi connectivity index (χ3v) is 5.12. The molecule has 156 valence electrons. The van der Waals surface area contributed by atoms with Gasteiger partial charge in [-0.2, -0.15) is 5.10 Å². The van der Waals surface area contributed by atoms with Crippen LogP contribution < -0.4 is 0 Å². The highest BCUT2D eigenvalue weighted by Crippen LogP contribution is 2.30. The van der Waals surface area contributed by atoms with Crippen molar-refractivity contribution >= 4 is 17.0 Å². The zero-order valence-electron chi connectivity index (χ0n) is 17.9. The van der Waals surface area contributed by atoms with Gasteiger partial charge in [-0.3, -0.25) is 0 Å². The maximum Gasteiger partial charge on any atom is 0.339 e. The van der Waals surface area contributed by atoms with Crippen molar-refractivity contribution in [3.63, 3.8) is 0 Å². The van der Waals surface area contributed by atoms with E-state index in [4.69, 9.17) is 18.7 Å². The van der Waals surface area contributed by atoms with Crippen molar-refractivity contribution in [3.8, 4) is 11.3 Å². The van der Waals surface area contributed by atoms with Crippen LogP contribution in [0, 0.1) is 27.7 Å². The van der Waals surface area contributed by atoms with Crippen LogP contribution in [0.5, 0.6) is 0 Å². The van der Waals surface area contributed by atoms with Gasteiger partial charge in [0, 0.05) is 11.6 Å². The number of esters is 1. The van der Waals surface area contributed by atoms with Gasteiger partial charge in [-0.05, 0) is 53.7 Å². The van der Waals surface area contributed by atoms with Gasteiger partial charge >= 0.3 is 5.97 Å². The third kappa shape index (κ3) is 3.38. The summed E-state index contributed by atoms with van der Waals surface area (Å²) in [5.74, 6) is 1.71. The summed E-state index contributed by atoms with van der Waals surface area (Å²) in [5, 5.41) is 8.99. The number of furan rings is 1. The van der Waals surface area contributed by atoms with Gasteiger partial charge in [0.25, 0.3) is 0 Å². The molecule has 4 rings (SSSR count). The highest BCUT2D eigenvalue weighted by atomic mass is 16.5. The van der Waals surface area contributed by atoms with Crippen LogP contribution in [0.2, 0.25) is 0 Å². The van der Waals surface area contributed by atoms with E-state index in [9.17, 15) is 4.79 Å². The first-order valence-corrected chi connectivity index (χ1v) is 9.80. The van der Waals surface area contributed by atoms with Gasteiger partial charge in [-0.1, -0.05) is 5.16 Å². The summed E-state index contributed by atoms with van der Waals surface area (Å²) in [4.78, 5) is 17.9. The Balaban J connectivity index is 1.79. The lowest BCUT2D eigenvalue weighted by Crippen LogP contribution is -2.09. The Labute approximate surface area is 173 Å². The molecule has 0 amide bonds. The molecule has 0 radical (unpaired) electrons. The highest BCUT2D eigenvalue weighted by Gasteiger charge is 2.22. The van der Waals surface area contributed by atoms with Crippen LogP contribution in [0.15, 0.2) is 27.3 Å². The second kappa shape index (κ2) is 7.44. The molecule has 0 bridgehead atoms. The molecular weight excluding hydrogens is 384 g/mol. The van der Waals surface area contributed by atoms with Gasteiger partial charge in [0.05, 0.1) is 34.1 Å². The summed E-state index contributed by atoms with van der Waals surface area (Å²) in [6.45, 7) is 11.5. The first kappa shape index (κ1) is 19.9. The average molecular weight is 408 g/mol. The van der Waals surface area contributed by atoms with Gasteiger partial charge in [-0.15, -0.1) is 0 Å². The molecule has 0 aliphatic heterocycles. The van der Waals surface area contributed by atoms with Crippen LogP contribution in [-0.2, 0) is 11.3 Å². The molecule has 0 aliphatic carbocycles. The number of ether oxygens (including phenoxy) is 1. The first-order chi connectivity index (χ1) is 14.3. The van der Waals surface area contributed by atoms with Gasteiger partial charge in [0.1, 0.15) is 23.9 Å². The van der Waals surface area contributed by atoms with Crippen LogP contribution in [-0.4, -0.2) is 25.9 Å². The molecule has 4 aromatic heterocycles. The van der Waals surface area contributed by atoms with Crippen LogP contribution in [0.3, 0.4) is 0 Å². The zero-order chi connectivity index (χ0) is 21.6. The SMILES string of the molecule is Cc1cc(-c2cc(C(=O)OCc3c(C)noc3C)c3cnn(C(C)C)c3n2)c(C)o1. The Kier molecular flexibility index (Phi) is 4.93. The standard InChI is InChI=1S/C22H24N4O4/c1-11(2)26-21-18(9-23-26)17(8-20(24-21)16-7-12(3)29-14(16)5)22(27)28-10-19-13(4)25-30-15(19)6/h7-9,11H,10H2,1-6H3. The fourth-order valence-corrected chi connectivity index (χ4v) is 3.51. The normalized spacial score (nSPS) is 11.6. The maximum absolute atomic E-state index is 13.1. The number of fused-ring (bicyclic) bond motifs is 1. The predicted octanol–water partition coefficient (Wildman–Crippen LogP) is 4.85. The molecule has 0 spiro atoms. The van der Waals surface area contributed by atoms with E-state index in [-0.39, 0.29) is 12.6 Å². The van der Waals surface area contributed by atoms with Gasteiger partial charge in [-0.25, -0.2) is 14.5 Å². The molecule has 0 fully saturated rings. The van der Waals surface area contributed by atoms with Crippen molar-refractivity contribution in [2.24, 2.45) is 0 Å². The van der Waals surface area contributed by atoms with E-state index in [0.717, 1.165) is 22.6 Å². The van der Waals surface area contributed by atoms with Gasteiger partial charge in [0.15, 0.2) is 5.65 Å². The van der Waals surface area contributed by atoms with E-state index in [0.29, 0.717) is 33.7 Å². The Morgan fingerprint density at radius 2 is 1.93 bits per heavy atom. The number of aromatic nitrogens is 4. The molecule has 8 nitrogen and oxygen atoms in total. The van der Waals surface area contributed by atoms with Crippen LogP contribution in [0.4, 0.5) is 0 Å². The number of pyridine rings is 1. The van der Waals surface area contributed by atoms with Crippen LogP contribution >= 0.6 is 0 Å². The monoisotopic (exact) mass is 408 g/mol. The molecule has 4 heterocycles. The number of rotatable bonds is 5. The molecule has 0 unspecified atom stereocenters. The molecule has 30 heavy (non-hydrogen) atoms. The minimum atomic E-state index is -0.454. The highest BCUT2D eigenvalue weighted by molar-refractivity contribution is 6.03. The van der Waals surface area contributed by atoms with E-state index in [1.807, 2.05) is 40.7 Å². The molecule has 0 atom stereocenters. The number of hydrogen-bond acceptors (Lipinski definition) is 7. The van der Waals surface area contributed by atoms with Crippen molar-refractivity contribution in [2.75, 3.05) is 0 Å². The topological polar surface area (TPSA) is 96.2 Å². The Morgan fingerprint density at radius 3 is 2.53 bits per heavy atom. The zero-order valence-corrected chi connectivity index (χ0v) is 17.9. The molecular formula is C22H24N4O4. The van der Waals surface area contributed by atoms with Crippen LogP contribution in [0.25, 0.3) is 22.3 Å². The van der Waals surface area contributed by atoms with Gasteiger partial charge in [0.2, 0.25) is 0 Å². The number of carbonyl (C=O) groups excluding carboxylic acids is 1. The molecule has 0 aliphatic rings. The molecule has 0 aromatic carbocycles. The number of carbonyl (C=O) groups is 1. The smallest absolute Gasteiger partial charge is 0.339 e. The van der Waals surface area contributed by atoms with Gasteiger partial charge < -0.3 is 13.7 Å². The molecule has 0 N–H and O–H groups in total. The lowest BCUT2D eigenvalue weighted by atomic mass is 10.1. The summed E-state index contributed by atoms with van der Waals surface area (Å²) in [6, 6.07) is 3.74. The fourth-order valence-electron chi connectivity index (χ4n) is 3.51. The summed E-state index contributed by atoms with van der Waals surface area (Å²) in [5.41, 5.74) is 4.00. The fraction of sp³-hybridized carbons (Fsp3) is 0.364. The van der Waals surface area contributed by atoms with E-state index in [2.05, 4.69) is 10.3 Å². The lowest BCUT2D eigenvalue weighted by Gasteiger charge is -2.10. The van der Waals surface area contributed by atoms with E-state index < -0.39 is 5.97 Å². The second-order valence-electron chi connectivity index (χ2n) is 7.68. The summed E-state index contributed by atoms with van der Waals surface area (Å²) >= 11 is 0. The third-order valence-electron chi connectivity index (χ3n) is 5.12. The predicted molar refractivity (Wildman–Crippen MR) is 110 cm³/mol. The number of aryl methyl sites for hydroxylation is 4. The largest absolute Gasteiger partial charge is 0.466 e. The first-order valence-electron chi connectivity index (χ1n) is 9.80. The summed E-state index contributed by atoms with van der Waals surface area (Å²) in [7, 11) is 0. The van der Waals surface area contributed by atoms with E-state index >= 15 is 0 Å². The summed E-state index contributed by atoms with van der Waals surface area (Å²) < 4.78 is 18.2. The number of nitrogens with zero attached hydrogens (tertiary/aromatic N) is 4. The lowest BCUT2D eigenvalue weighted by molar-refractivity contribution is 0.0473. The quantitative estimate of drug-likeness (QED) is 0.435. The van der Waals surface area contributed by atoms with Crippen molar-refractivity contribution in [2.45, 2.75) is 54.2 Å².